The monoisotopic (exact) mass is 999 g/mol. The van der Waals surface area contributed by atoms with Gasteiger partial charge >= 0.3 is 17.9 Å². The zero-order chi connectivity index (χ0) is 52.3. The van der Waals surface area contributed by atoms with Crippen LogP contribution >= 0.6 is 0 Å². The third kappa shape index (κ3) is 18.4. The van der Waals surface area contributed by atoms with E-state index in [0.29, 0.717) is 89.1 Å². The van der Waals surface area contributed by atoms with E-state index in [2.05, 4.69) is 78.3 Å². The Bertz CT molecular complexity index is 2220. The maximum absolute atomic E-state index is 12.9. The van der Waals surface area contributed by atoms with E-state index in [0.717, 1.165) is 38.5 Å². The molecule has 3 aliphatic rings. The number of nitrogens with one attached hydrogen (secondary N) is 3. The molecule has 0 radical (unpaired) electrons. The summed E-state index contributed by atoms with van der Waals surface area (Å²) in [5.74, 6) is 3.48. The van der Waals surface area contributed by atoms with Crippen molar-refractivity contribution in [3.63, 3.8) is 0 Å². The van der Waals surface area contributed by atoms with Gasteiger partial charge in [0.05, 0.1) is 36.5 Å². The van der Waals surface area contributed by atoms with Crippen molar-refractivity contribution in [2.45, 2.75) is 139 Å². The van der Waals surface area contributed by atoms with E-state index in [4.69, 9.17) is 44.2 Å². The largest absolute Gasteiger partial charge is 0.462 e. The predicted molar refractivity (Wildman–Crippen MR) is 295 cm³/mol. The first kappa shape index (κ1) is 55.6. The van der Waals surface area contributed by atoms with E-state index in [1.165, 1.54) is 43.4 Å². The lowest BCUT2D eigenvalue weighted by Gasteiger charge is -2.30. The summed E-state index contributed by atoms with van der Waals surface area (Å²) in [4.78, 5) is 68.6. The molecule has 0 spiro atoms. The van der Waals surface area contributed by atoms with Crippen LogP contribution in [0.25, 0.3) is 0 Å². The summed E-state index contributed by atoms with van der Waals surface area (Å²) in [5.41, 5.74) is 3.15. The lowest BCUT2D eigenvalue weighted by molar-refractivity contribution is 0.0474. The van der Waals surface area contributed by atoms with Crippen LogP contribution in [0.5, 0.6) is 0 Å². The van der Waals surface area contributed by atoms with Gasteiger partial charge in [0, 0.05) is 17.1 Å². The van der Waals surface area contributed by atoms with Crippen LogP contribution in [0.15, 0.2) is 103 Å². The average molecular weight is 999 g/mol. The number of esters is 3. The summed E-state index contributed by atoms with van der Waals surface area (Å²) in [7, 11) is 0. The summed E-state index contributed by atoms with van der Waals surface area (Å²) < 4.78 is 16.8. The number of benzene rings is 3. The van der Waals surface area contributed by atoms with Crippen molar-refractivity contribution in [3.05, 3.63) is 89.5 Å². The number of ether oxygens (including phenoxy) is 3. The molecular weight excluding hydrogens is 921 g/mol. The summed E-state index contributed by atoms with van der Waals surface area (Å²) in [5, 5.41) is 9.67. The fourth-order valence-electron chi connectivity index (χ4n) is 8.28. The number of hydrogen-bond donors (Lipinski definition) is 3. The van der Waals surface area contributed by atoms with Gasteiger partial charge in [-0.05, 0) is 128 Å². The molecule has 0 saturated carbocycles. The van der Waals surface area contributed by atoms with Crippen molar-refractivity contribution in [1.82, 2.24) is 4.90 Å². The van der Waals surface area contributed by atoms with Crippen molar-refractivity contribution in [2.24, 2.45) is 65.5 Å². The molecule has 3 aromatic carbocycles. The predicted octanol–water partition coefficient (Wildman–Crippen LogP) is 12.8. The average Bonchev–Trinajstić information content (AvgIpc) is 3.34. The van der Waals surface area contributed by atoms with Gasteiger partial charge in [-0.15, -0.1) is 0 Å². The van der Waals surface area contributed by atoms with E-state index in [9.17, 15) is 14.4 Å². The van der Waals surface area contributed by atoms with Crippen LogP contribution in [0.1, 0.15) is 170 Å². The molecule has 73 heavy (non-hydrogen) atoms. The molecule has 3 atom stereocenters. The minimum Gasteiger partial charge on any atom is -0.462 e. The Kier molecular flexibility index (Phi) is 21.3. The molecule has 0 aromatic heterocycles. The Morgan fingerprint density at radius 1 is 0.384 bits per heavy atom. The third-order valence-corrected chi connectivity index (χ3v) is 12.9. The number of carbonyl (C=O) groups is 3. The van der Waals surface area contributed by atoms with Gasteiger partial charge in [-0.3, -0.25) is 0 Å². The Labute approximate surface area is 432 Å². The van der Waals surface area contributed by atoms with Gasteiger partial charge < -0.3 is 30.2 Å². The van der Waals surface area contributed by atoms with Crippen LogP contribution in [-0.2, 0) is 14.2 Å². The van der Waals surface area contributed by atoms with Crippen molar-refractivity contribution in [3.8, 4) is 0 Å². The molecule has 3 aromatic rings. The van der Waals surface area contributed by atoms with E-state index < -0.39 is 0 Å². The Morgan fingerprint density at radius 3 is 0.890 bits per heavy atom. The molecule has 0 saturated heterocycles. The first-order chi connectivity index (χ1) is 35.1. The molecule has 16 heteroatoms. The highest BCUT2D eigenvalue weighted by molar-refractivity contribution is 6.32. The van der Waals surface area contributed by atoms with Gasteiger partial charge in [-0.25, -0.2) is 19.3 Å². The summed E-state index contributed by atoms with van der Waals surface area (Å²) >= 11 is 0. The minimum atomic E-state index is -0.379. The maximum atomic E-state index is 12.9. The number of carbonyl (C=O) groups excluding carboxylic acids is 3. The SMILES string of the molecule is CC(C)CCCC(C)CCOC(=O)c1ccc(NC2=NC3=NC(Nc4ccc(C(=O)OCCC(C)CCCC(C)C)cc4)=NC4=NC(Nc5ccc(C(=O)OCCC(C)CCCC(C)C)cc5)=NC(=N2)N34)cc1. The van der Waals surface area contributed by atoms with Crippen LogP contribution in [0.3, 0.4) is 0 Å². The summed E-state index contributed by atoms with van der Waals surface area (Å²) in [6.07, 6.45) is 13.0. The molecule has 3 heterocycles. The van der Waals surface area contributed by atoms with Gasteiger partial charge in [0.15, 0.2) is 0 Å². The molecule has 0 aliphatic carbocycles. The molecule has 0 amide bonds. The Balaban J connectivity index is 1.13. The molecule has 3 aliphatic heterocycles. The molecule has 16 nitrogen and oxygen atoms in total. The van der Waals surface area contributed by atoms with E-state index in [1.807, 2.05) is 0 Å². The van der Waals surface area contributed by atoms with E-state index >= 15 is 0 Å². The summed E-state index contributed by atoms with van der Waals surface area (Å²) in [6.45, 7) is 21.1. The first-order valence-electron chi connectivity index (χ1n) is 26.5. The number of hydrogen-bond acceptors (Lipinski definition) is 16. The number of guanidine groups is 6. The minimum absolute atomic E-state index is 0.179. The topological polar surface area (TPSA) is 192 Å². The fraction of sp³-hybridized carbons (Fsp3) is 0.526. The lowest BCUT2D eigenvalue weighted by Crippen LogP contribution is -2.49. The maximum Gasteiger partial charge on any atom is 0.338 e. The van der Waals surface area contributed by atoms with Gasteiger partial charge in [0.25, 0.3) is 0 Å². The number of anilines is 3. The smallest absolute Gasteiger partial charge is 0.338 e. The molecule has 3 N–H and O–H groups in total. The van der Waals surface area contributed by atoms with E-state index in [1.54, 1.807) is 72.8 Å². The van der Waals surface area contributed by atoms with Gasteiger partial charge in [0.2, 0.25) is 35.8 Å². The van der Waals surface area contributed by atoms with Gasteiger partial charge in [0.1, 0.15) is 0 Å². The van der Waals surface area contributed by atoms with Crippen molar-refractivity contribution >= 4 is 70.7 Å². The third-order valence-electron chi connectivity index (χ3n) is 12.9. The zero-order valence-electron chi connectivity index (χ0n) is 44.6. The van der Waals surface area contributed by atoms with Crippen molar-refractivity contribution < 1.29 is 28.6 Å². The quantitative estimate of drug-likeness (QED) is 0.0489. The standard InChI is InChI=1S/C57H78N10O6/c1-37(2)13-10-16-40(7)31-34-71-49(68)43-19-25-46(26-20-43)58-52-61-55-63-53(59-47-27-21-44(22-28-47)50(69)72-35-32-41(8)17-11-14-38(3)4)65-57-66-54(64-56(62-52)67(55)57)60-48-29-23-45(24-30-48)51(70)73-36-33-42(9)18-12-15-39(5)6/h19-30,37-42H,10-18,31-36H2,1-9H3,(H3,58,59,60,61,62,63,64,65,66). The van der Waals surface area contributed by atoms with Crippen molar-refractivity contribution in [2.75, 3.05) is 35.8 Å². The van der Waals surface area contributed by atoms with Crippen LogP contribution in [0, 0.1) is 35.5 Å². The van der Waals surface area contributed by atoms with Crippen molar-refractivity contribution in [1.29, 1.82) is 0 Å². The van der Waals surface area contributed by atoms with E-state index in [-0.39, 0.29) is 53.7 Å². The number of rotatable bonds is 27. The van der Waals surface area contributed by atoms with Gasteiger partial charge in [-0.2, -0.15) is 30.0 Å². The fourth-order valence-corrected chi connectivity index (χ4v) is 8.28. The lowest BCUT2D eigenvalue weighted by atomic mass is 9.98. The number of aliphatic imine (C=N–C) groups is 6. The second-order valence-corrected chi connectivity index (χ2v) is 21.0. The second kappa shape index (κ2) is 27.9. The molecule has 3 unspecified atom stereocenters. The van der Waals surface area contributed by atoms with Crippen LogP contribution in [0.4, 0.5) is 17.1 Å². The molecule has 0 bridgehead atoms. The zero-order valence-corrected chi connectivity index (χ0v) is 44.6. The highest BCUT2D eigenvalue weighted by atomic mass is 16.5. The highest BCUT2D eigenvalue weighted by Gasteiger charge is 2.35. The Hall–Kier alpha value is -6.71. The van der Waals surface area contributed by atoms with Crippen LogP contribution < -0.4 is 16.0 Å². The van der Waals surface area contributed by atoms with Gasteiger partial charge in [-0.1, -0.05) is 120 Å². The molecule has 392 valence electrons. The second-order valence-electron chi connectivity index (χ2n) is 21.0. The normalized spacial score (nSPS) is 15.2. The molecule has 6 rings (SSSR count). The van der Waals surface area contributed by atoms with Crippen LogP contribution in [-0.4, -0.2) is 78.4 Å². The summed E-state index contributed by atoms with van der Waals surface area (Å²) in [6, 6.07) is 20.7. The Morgan fingerprint density at radius 2 is 0.644 bits per heavy atom. The van der Waals surface area contributed by atoms with Crippen LogP contribution in [0.2, 0.25) is 0 Å². The molecular formula is C57H78N10O6. The molecule has 0 fully saturated rings. The first-order valence-corrected chi connectivity index (χ1v) is 26.5. The number of nitrogens with zero attached hydrogens (tertiary/aromatic N) is 7. The highest BCUT2D eigenvalue weighted by Crippen LogP contribution is 2.23.